The van der Waals surface area contributed by atoms with Gasteiger partial charge in [0.15, 0.2) is 5.16 Å². The summed E-state index contributed by atoms with van der Waals surface area (Å²) in [5, 5.41) is 1.33. The highest BCUT2D eigenvalue weighted by molar-refractivity contribution is 9.10. The van der Waals surface area contributed by atoms with Crippen LogP contribution in [-0.2, 0) is 34.5 Å². The molecule has 1 unspecified atom stereocenters. The van der Waals surface area contributed by atoms with E-state index in [9.17, 15) is 0 Å². The summed E-state index contributed by atoms with van der Waals surface area (Å²) in [6.45, 7) is 3.50. The molecule has 0 saturated carbocycles. The van der Waals surface area contributed by atoms with Crippen molar-refractivity contribution in [2.24, 2.45) is 0 Å². The molecule has 1 aliphatic carbocycles. The lowest BCUT2D eigenvalue weighted by Crippen LogP contribution is -2.41. The maximum absolute atomic E-state index is 15.4. The topological polar surface area (TPSA) is 47.5 Å². The fourth-order valence-electron chi connectivity index (χ4n) is 4.98. The third-order valence-corrected chi connectivity index (χ3v) is 7.90. The van der Waals surface area contributed by atoms with Crippen LogP contribution in [0.15, 0.2) is 15.7 Å². The van der Waals surface area contributed by atoms with Crippen LogP contribution in [0.3, 0.4) is 0 Å². The molecule has 0 radical (unpaired) electrons. The molecule has 5 rings (SSSR count). The fourth-order valence-corrected chi connectivity index (χ4v) is 6.22. The number of benzene rings is 1. The zero-order valence-electron chi connectivity index (χ0n) is 17.3. The van der Waals surface area contributed by atoms with Gasteiger partial charge >= 0.3 is 0 Å². The molecule has 3 aliphatic rings. The lowest BCUT2D eigenvalue weighted by molar-refractivity contribution is -0.0878. The van der Waals surface area contributed by atoms with Crippen LogP contribution in [0.4, 0.5) is 10.2 Å². The van der Waals surface area contributed by atoms with Crippen molar-refractivity contribution in [2.45, 2.75) is 49.5 Å². The van der Waals surface area contributed by atoms with Crippen molar-refractivity contribution in [3.63, 3.8) is 0 Å². The number of hydrogen-bond donors (Lipinski definition) is 0. The molecule has 1 atom stereocenters. The Hall–Kier alpha value is -0.930. The second-order valence-electron chi connectivity index (χ2n) is 8.23. The molecule has 0 amide bonds. The first-order valence-corrected chi connectivity index (χ1v) is 13.0. The largest absolute Gasteiger partial charge is 0.380 e. The predicted octanol–water partition coefficient (Wildman–Crippen LogP) is 5.28. The van der Waals surface area contributed by atoms with E-state index in [-0.39, 0.29) is 5.82 Å². The van der Waals surface area contributed by atoms with Crippen LogP contribution in [0.1, 0.15) is 41.6 Å². The Morgan fingerprint density at radius 2 is 2.10 bits per heavy atom. The second-order valence-corrected chi connectivity index (χ2v) is 10.3. The van der Waals surface area contributed by atoms with Crippen LogP contribution in [-0.4, -0.2) is 42.5 Å². The minimum absolute atomic E-state index is 0.272. The summed E-state index contributed by atoms with van der Waals surface area (Å²) in [6.07, 6.45) is 5.87. The van der Waals surface area contributed by atoms with E-state index in [0.717, 1.165) is 73.2 Å². The highest BCUT2D eigenvalue weighted by Crippen LogP contribution is 2.49. The summed E-state index contributed by atoms with van der Waals surface area (Å²) in [5.41, 5.74) is 2.67. The molecule has 5 nitrogen and oxygen atoms in total. The molecule has 1 spiro atoms. The number of thioether (sulfide) groups is 1. The van der Waals surface area contributed by atoms with E-state index in [1.54, 1.807) is 6.07 Å². The average Bonchev–Trinajstić information content (AvgIpc) is 3.06. The van der Waals surface area contributed by atoms with Gasteiger partial charge in [0.25, 0.3) is 0 Å². The fraction of sp³-hybridized carbons (Fsp3) is 0.545. The zero-order valence-corrected chi connectivity index (χ0v) is 20.5. The molecule has 2 aliphatic heterocycles. The van der Waals surface area contributed by atoms with E-state index >= 15 is 4.39 Å². The summed E-state index contributed by atoms with van der Waals surface area (Å²) in [5.74, 6) is 0.657. The number of halogens is 3. The maximum Gasteiger partial charge on any atom is 0.189 e. The summed E-state index contributed by atoms with van der Waals surface area (Å²) in [7, 11) is 0. The summed E-state index contributed by atoms with van der Waals surface area (Å²) in [6, 6.07) is 1.65. The van der Waals surface area contributed by atoms with Gasteiger partial charge in [0.05, 0.1) is 23.4 Å². The lowest BCUT2D eigenvalue weighted by Gasteiger charge is -2.43. The van der Waals surface area contributed by atoms with Crippen LogP contribution in [0.2, 0.25) is 5.02 Å². The minimum atomic E-state index is -0.749. The lowest BCUT2D eigenvalue weighted by atomic mass is 9.74. The number of anilines is 1. The van der Waals surface area contributed by atoms with Crippen molar-refractivity contribution >= 4 is 45.1 Å². The normalized spacial score (nSPS) is 23.4. The van der Waals surface area contributed by atoms with Crippen LogP contribution in [0.25, 0.3) is 0 Å². The van der Waals surface area contributed by atoms with Crippen molar-refractivity contribution in [3.05, 3.63) is 43.8 Å². The standard InChI is InChI=1S/C22H24BrClFN3O2S/c1-31-21-26-17-11-22(5-2-4-13-16(24)10-15(23)19(25)18(13)22)30-12-14(17)20(27-21)28-6-3-8-29-9-7-28/h10H,2-9,11-12H2,1H3. The third-order valence-electron chi connectivity index (χ3n) is 6.44. The average molecular weight is 529 g/mol. The number of aromatic nitrogens is 2. The van der Waals surface area contributed by atoms with Gasteiger partial charge in [-0.15, -0.1) is 0 Å². The predicted molar refractivity (Wildman–Crippen MR) is 124 cm³/mol. The van der Waals surface area contributed by atoms with Crippen molar-refractivity contribution < 1.29 is 13.9 Å². The van der Waals surface area contributed by atoms with Crippen molar-refractivity contribution in [1.29, 1.82) is 0 Å². The minimum Gasteiger partial charge on any atom is -0.380 e. The summed E-state index contributed by atoms with van der Waals surface area (Å²) < 4.78 is 27.9. The first-order valence-electron chi connectivity index (χ1n) is 10.6. The smallest absolute Gasteiger partial charge is 0.189 e. The van der Waals surface area contributed by atoms with E-state index in [0.29, 0.717) is 34.7 Å². The van der Waals surface area contributed by atoms with Crippen LogP contribution in [0, 0.1) is 5.82 Å². The Labute approximate surface area is 199 Å². The van der Waals surface area contributed by atoms with Gasteiger partial charge in [-0.1, -0.05) is 23.4 Å². The van der Waals surface area contributed by atoms with Gasteiger partial charge in [-0.25, -0.2) is 14.4 Å². The first kappa shape index (κ1) is 21.9. The van der Waals surface area contributed by atoms with Crippen LogP contribution < -0.4 is 4.90 Å². The third kappa shape index (κ3) is 3.88. The number of nitrogens with zero attached hydrogens (tertiary/aromatic N) is 3. The van der Waals surface area contributed by atoms with Gasteiger partial charge in [0.2, 0.25) is 0 Å². The second kappa shape index (κ2) is 8.78. The van der Waals surface area contributed by atoms with Gasteiger partial charge in [0.1, 0.15) is 17.2 Å². The summed E-state index contributed by atoms with van der Waals surface area (Å²) >= 11 is 11.4. The molecule has 166 valence electrons. The van der Waals surface area contributed by atoms with E-state index in [1.165, 1.54) is 11.8 Å². The quantitative estimate of drug-likeness (QED) is 0.300. The van der Waals surface area contributed by atoms with Crippen molar-refractivity contribution in [3.8, 4) is 0 Å². The van der Waals surface area contributed by atoms with E-state index in [2.05, 4.69) is 20.8 Å². The SMILES string of the molecule is CSc1nc2c(c(N3CCCOCC3)n1)COC1(CCCc3c(Cl)cc(Br)c(F)c31)C2. The molecule has 3 heterocycles. The molecular formula is C22H24BrClFN3O2S. The van der Waals surface area contributed by atoms with Crippen LogP contribution >= 0.6 is 39.3 Å². The molecule has 1 aromatic carbocycles. The van der Waals surface area contributed by atoms with E-state index in [1.807, 2.05) is 6.26 Å². The monoisotopic (exact) mass is 527 g/mol. The van der Waals surface area contributed by atoms with Gasteiger partial charge in [-0.3, -0.25) is 0 Å². The number of rotatable bonds is 2. The highest BCUT2D eigenvalue weighted by atomic mass is 79.9. The number of hydrogen-bond acceptors (Lipinski definition) is 6. The van der Waals surface area contributed by atoms with Gasteiger partial charge in [0, 0.05) is 42.3 Å². The summed E-state index contributed by atoms with van der Waals surface area (Å²) in [4.78, 5) is 12.0. The van der Waals surface area contributed by atoms with E-state index < -0.39 is 5.60 Å². The Kier molecular flexibility index (Phi) is 6.20. The van der Waals surface area contributed by atoms with Gasteiger partial charge in [-0.05, 0) is 59.5 Å². The van der Waals surface area contributed by atoms with Gasteiger partial charge < -0.3 is 14.4 Å². The maximum atomic E-state index is 15.4. The van der Waals surface area contributed by atoms with Gasteiger partial charge in [-0.2, -0.15) is 0 Å². The number of fused-ring (bicyclic) bond motifs is 3. The molecule has 1 fully saturated rings. The molecule has 1 aromatic heterocycles. The Bertz CT molecular complexity index is 1020. The molecule has 0 bridgehead atoms. The van der Waals surface area contributed by atoms with Crippen LogP contribution in [0.5, 0.6) is 0 Å². The first-order chi connectivity index (χ1) is 15.0. The Balaban J connectivity index is 1.60. The molecule has 9 heteroatoms. The highest BCUT2D eigenvalue weighted by Gasteiger charge is 2.45. The Morgan fingerprint density at radius 1 is 1.23 bits per heavy atom. The Morgan fingerprint density at radius 3 is 2.94 bits per heavy atom. The molecule has 31 heavy (non-hydrogen) atoms. The molecule has 1 saturated heterocycles. The van der Waals surface area contributed by atoms with E-state index in [4.69, 9.17) is 31.0 Å². The molecule has 0 N–H and O–H groups in total. The molecule has 2 aromatic rings. The number of ether oxygens (including phenoxy) is 2. The zero-order chi connectivity index (χ0) is 21.6. The molecular weight excluding hydrogens is 505 g/mol. The van der Waals surface area contributed by atoms with Crippen molar-refractivity contribution in [1.82, 2.24) is 9.97 Å². The van der Waals surface area contributed by atoms with Crippen molar-refractivity contribution in [2.75, 3.05) is 37.5 Å².